The number of Topliss-reactive ketones (excluding diaryl/α,β-unsaturated/α-hetero) is 1. The fourth-order valence-corrected chi connectivity index (χ4v) is 3.43. The van der Waals surface area contributed by atoms with Gasteiger partial charge in [-0.25, -0.2) is 0 Å². The summed E-state index contributed by atoms with van der Waals surface area (Å²) in [6.07, 6.45) is 0. The van der Waals surface area contributed by atoms with Gasteiger partial charge in [-0.15, -0.1) is 0 Å². The average molecular weight is 329 g/mol. The Hall–Kier alpha value is -0.610. The van der Waals surface area contributed by atoms with Crippen LogP contribution < -0.4 is 0 Å². The number of piperazine rings is 1. The van der Waals surface area contributed by atoms with Crippen molar-refractivity contribution in [2.45, 2.75) is 32.9 Å². The third-order valence-corrected chi connectivity index (χ3v) is 4.87. The molecule has 2 rings (SSSR count). The molecule has 0 spiro atoms. The molecule has 5 heteroatoms. The van der Waals surface area contributed by atoms with E-state index in [2.05, 4.69) is 23.6 Å². The van der Waals surface area contributed by atoms with Crippen molar-refractivity contribution in [3.63, 3.8) is 0 Å². The van der Waals surface area contributed by atoms with Gasteiger partial charge >= 0.3 is 0 Å². The molecule has 2 atom stereocenters. The van der Waals surface area contributed by atoms with Crippen LogP contribution in [0.1, 0.15) is 31.1 Å². The molecule has 0 N–H and O–H groups in total. The monoisotopic (exact) mass is 328 g/mol. The molecule has 1 fully saturated rings. The van der Waals surface area contributed by atoms with E-state index in [9.17, 15) is 4.79 Å². The van der Waals surface area contributed by atoms with Crippen LogP contribution in [0.2, 0.25) is 10.0 Å². The molecule has 2 unspecified atom stereocenters. The van der Waals surface area contributed by atoms with Gasteiger partial charge in [-0.1, -0.05) is 30.1 Å². The Morgan fingerprint density at radius 3 is 2.67 bits per heavy atom. The zero-order chi connectivity index (χ0) is 15.6. The summed E-state index contributed by atoms with van der Waals surface area (Å²) >= 11 is 12.0. The largest absolute Gasteiger partial charge is 0.298 e. The molecule has 3 nitrogen and oxygen atoms in total. The molecular formula is C16H22Cl2N2O. The van der Waals surface area contributed by atoms with E-state index in [-0.39, 0.29) is 11.8 Å². The number of likely N-dealkylation sites (N-methyl/N-ethyl adjacent to an activating group) is 1. The predicted molar refractivity (Wildman–Crippen MR) is 88.5 cm³/mol. The molecule has 1 aliphatic rings. The maximum absolute atomic E-state index is 12.7. The van der Waals surface area contributed by atoms with E-state index in [1.807, 2.05) is 6.92 Å². The summed E-state index contributed by atoms with van der Waals surface area (Å²) in [6.45, 7) is 10.2. The summed E-state index contributed by atoms with van der Waals surface area (Å²) < 4.78 is 0. The van der Waals surface area contributed by atoms with Crippen molar-refractivity contribution >= 4 is 29.0 Å². The van der Waals surface area contributed by atoms with Crippen LogP contribution in [0.5, 0.6) is 0 Å². The summed E-state index contributed by atoms with van der Waals surface area (Å²) in [5.74, 6) is 0.0637. The standard InChI is InChI=1S/C16H22Cl2N2O/c1-4-19-7-8-20(10-11(19)2)12(3)16(21)14-6-5-13(17)9-15(14)18/h5-6,9,11-12H,4,7-8,10H2,1-3H3. The highest BCUT2D eigenvalue weighted by atomic mass is 35.5. The Kier molecular flexibility index (Phi) is 5.67. The Balaban J connectivity index is 2.09. The molecule has 1 heterocycles. The highest BCUT2D eigenvalue weighted by molar-refractivity contribution is 6.37. The van der Waals surface area contributed by atoms with Crippen LogP contribution in [0, 0.1) is 0 Å². The molecule has 0 aliphatic carbocycles. The lowest BCUT2D eigenvalue weighted by Crippen LogP contribution is -2.55. The van der Waals surface area contributed by atoms with E-state index in [1.54, 1.807) is 18.2 Å². The van der Waals surface area contributed by atoms with E-state index in [0.29, 0.717) is 21.7 Å². The molecule has 116 valence electrons. The molecule has 1 aromatic carbocycles. The third kappa shape index (κ3) is 3.78. The number of hydrogen-bond acceptors (Lipinski definition) is 3. The zero-order valence-corrected chi connectivity index (χ0v) is 14.3. The minimum atomic E-state index is -0.162. The number of ketones is 1. The van der Waals surface area contributed by atoms with Crippen molar-refractivity contribution < 1.29 is 4.79 Å². The van der Waals surface area contributed by atoms with E-state index < -0.39 is 0 Å². The van der Waals surface area contributed by atoms with Gasteiger partial charge in [0.2, 0.25) is 0 Å². The number of halogens is 2. The second-order valence-electron chi connectivity index (χ2n) is 5.64. The van der Waals surface area contributed by atoms with E-state index in [1.165, 1.54) is 0 Å². The Morgan fingerprint density at radius 1 is 1.38 bits per heavy atom. The topological polar surface area (TPSA) is 23.6 Å². The Morgan fingerprint density at radius 2 is 2.10 bits per heavy atom. The van der Waals surface area contributed by atoms with Crippen molar-refractivity contribution in [2.75, 3.05) is 26.2 Å². The van der Waals surface area contributed by atoms with Crippen LogP contribution in [0.4, 0.5) is 0 Å². The Labute approximate surface area is 136 Å². The minimum Gasteiger partial charge on any atom is -0.298 e. The highest BCUT2D eigenvalue weighted by Crippen LogP contribution is 2.24. The molecule has 0 amide bonds. The van der Waals surface area contributed by atoms with Gasteiger partial charge in [0, 0.05) is 36.3 Å². The summed E-state index contributed by atoms with van der Waals surface area (Å²) in [5.41, 5.74) is 0.555. The van der Waals surface area contributed by atoms with E-state index in [0.717, 1.165) is 26.2 Å². The highest BCUT2D eigenvalue weighted by Gasteiger charge is 2.30. The van der Waals surface area contributed by atoms with Gasteiger partial charge in [0.05, 0.1) is 11.1 Å². The molecule has 0 bridgehead atoms. The number of carbonyl (C=O) groups excluding carboxylic acids is 1. The molecule has 1 saturated heterocycles. The normalized spacial score (nSPS) is 22.2. The van der Waals surface area contributed by atoms with Crippen molar-refractivity contribution in [2.24, 2.45) is 0 Å². The van der Waals surface area contributed by atoms with Gasteiger partial charge in [-0.05, 0) is 38.6 Å². The maximum Gasteiger partial charge on any atom is 0.181 e. The predicted octanol–water partition coefficient (Wildman–Crippen LogP) is 3.59. The number of rotatable bonds is 4. The molecule has 1 aromatic rings. The summed E-state index contributed by atoms with van der Waals surface area (Å²) in [6, 6.07) is 5.37. The lowest BCUT2D eigenvalue weighted by Gasteiger charge is -2.41. The molecule has 0 radical (unpaired) electrons. The lowest BCUT2D eigenvalue weighted by molar-refractivity contribution is 0.0533. The molecule has 1 aliphatic heterocycles. The van der Waals surface area contributed by atoms with Crippen LogP contribution in [0.3, 0.4) is 0 Å². The molecular weight excluding hydrogens is 307 g/mol. The number of nitrogens with zero attached hydrogens (tertiary/aromatic N) is 2. The summed E-state index contributed by atoms with van der Waals surface area (Å²) in [5, 5.41) is 0.981. The fourth-order valence-electron chi connectivity index (χ4n) is 2.93. The van der Waals surface area contributed by atoms with Crippen LogP contribution in [0.15, 0.2) is 18.2 Å². The maximum atomic E-state index is 12.7. The van der Waals surface area contributed by atoms with Gasteiger partial charge < -0.3 is 0 Å². The molecule has 0 aromatic heterocycles. The zero-order valence-electron chi connectivity index (χ0n) is 12.8. The number of benzene rings is 1. The summed E-state index contributed by atoms with van der Waals surface area (Å²) in [4.78, 5) is 17.3. The van der Waals surface area contributed by atoms with Crippen molar-refractivity contribution in [1.29, 1.82) is 0 Å². The quantitative estimate of drug-likeness (QED) is 0.789. The molecule has 0 saturated carbocycles. The fraction of sp³-hybridized carbons (Fsp3) is 0.562. The summed E-state index contributed by atoms with van der Waals surface area (Å²) in [7, 11) is 0. The Bertz CT molecular complexity index is 521. The smallest absolute Gasteiger partial charge is 0.181 e. The first-order valence-electron chi connectivity index (χ1n) is 7.41. The first-order chi connectivity index (χ1) is 9.93. The van der Waals surface area contributed by atoms with Gasteiger partial charge in [-0.3, -0.25) is 14.6 Å². The molecule has 21 heavy (non-hydrogen) atoms. The second kappa shape index (κ2) is 7.10. The van der Waals surface area contributed by atoms with E-state index in [4.69, 9.17) is 23.2 Å². The van der Waals surface area contributed by atoms with Crippen molar-refractivity contribution in [1.82, 2.24) is 9.80 Å². The second-order valence-corrected chi connectivity index (χ2v) is 6.48. The van der Waals surface area contributed by atoms with Crippen molar-refractivity contribution in [3.05, 3.63) is 33.8 Å². The third-order valence-electron chi connectivity index (χ3n) is 4.33. The number of carbonyl (C=O) groups is 1. The van der Waals surface area contributed by atoms with E-state index >= 15 is 0 Å². The first kappa shape index (κ1) is 16.8. The SMILES string of the molecule is CCN1CCN(C(C)C(=O)c2ccc(Cl)cc2Cl)CC1C. The van der Waals surface area contributed by atoms with Gasteiger partial charge in [0.25, 0.3) is 0 Å². The number of hydrogen-bond donors (Lipinski definition) is 0. The lowest BCUT2D eigenvalue weighted by atomic mass is 10.0. The van der Waals surface area contributed by atoms with Gasteiger partial charge in [-0.2, -0.15) is 0 Å². The van der Waals surface area contributed by atoms with Gasteiger partial charge in [0.1, 0.15) is 0 Å². The van der Waals surface area contributed by atoms with Crippen LogP contribution in [0.25, 0.3) is 0 Å². The average Bonchev–Trinajstić information content (AvgIpc) is 2.45. The minimum absolute atomic E-state index is 0.0637. The first-order valence-corrected chi connectivity index (χ1v) is 8.17. The van der Waals surface area contributed by atoms with Crippen LogP contribution >= 0.6 is 23.2 Å². The van der Waals surface area contributed by atoms with Crippen molar-refractivity contribution in [3.8, 4) is 0 Å². The van der Waals surface area contributed by atoms with Gasteiger partial charge in [0.15, 0.2) is 5.78 Å². The van der Waals surface area contributed by atoms with Crippen LogP contribution in [-0.4, -0.2) is 53.8 Å². The van der Waals surface area contributed by atoms with Crippen LogP contribution in [-0.2, 0) is 0 Å².